The van der Waals surface area contributed by atoms with E-state index in [2.05, 4.69) is 0 Å². The van der Waals surface area contributed by atoms with Gasteiger partial charge in [0.05, 0.1) is 0 Å². The molecule has 130 valence electrons. The Morgan fingerprint density at radius 2 is 1.96 bits per heavy atom. The van der Waals surface area contributed by atoms with Crippen molar-refractivity contribution in [3.63, 3.8) is 0 Å². The van der Waals surface area contributed by atoms with Crippen LogP contribution in [-0.2, 0) is 14.3 Å². The van der Waals surface area contributed by atoms with Crippen LogP contribution in [0.4, 0.5) is 0 Å². The van der Waals surface area contributed by atoms with Crippen LogP contribution in [0.2, 0.25) is 0 Å². The number of rotatable bonds is 4. The Hall–Kier alpha value is -1.84. The van der Waals surface area contributed by atoms with Gasteiger partial charge in [0, 0.05) is 25.7 Å². The van der Waals surface area contributed by atoms with Gasteiger partial charge in [-0.05, 0) is 57.2 Å². The van der Waals surface area contributed by atoms with Crippen LogP contribution in [0.1, 0.15) is 69.9 Å². The van der Waals surface area contributed by atoms with Gasteiger partial charge in [0.15, 0.2) is 0 Å². The molecule has 1 aromatic rings. The van der Waals surface area contributed by atoms with Crippen LogP contribution in [0.5, 0.6) is 5.75 Å². The molecule has 2 aliphatic rings. The number of benzene rings is 1. The van der Waals surface area contributed by atoms with Crippen molar-refractivity contribution in [3.05, 3.63) is 29.3 Å². The Balaban J connectivity index is 1.83. The summed E-state index contributed by atoms with van der Waals surface area (Å²) in [6.07, 6.45) is 3.42. The van der Waals surface area contributed by atoms with Crippen LogP contribution in [0.3, 0.4) is 0 Å². The Labute approximate surface area is 143 Å². The molecular weight excluding hydrogens is 304 g/mol. The molecule has 0 heterocycles. The van der Waals surface area contributed by atoms with Crippen molar-refractivity contribution in [1.82, 2.24) is 0 Å². The van der Waals surface area contributed by atoms with Crippen molar-refractivity contribution < 1.29 is 19.1 Å². The second-order valence-corrected chi connectivity index (χ2v) is 8.12. The van der Waals surface area contributed by atoms with Gasteiger partial charge in [0.1, 0.15) is 17.1 Å². The van der Waals surface area contributed by atoms with Crippen LogP contribution < -0.4 is 4.74 Å². The maximum Gasteiger partial charge on any atom is 0.351 e. The zero-order valence-corrected chi connectivity index (χ0v) is 15.0. The van der Waals surface area contributed by atoms with Crippen molar-refractivity contribution >= 4 is 11.8 Å². The Morgan fingerprint density at radius 1 is 1.25 bits per heavy atom. The second-order valence-electron chi connectivity index (χ2n) is 8.12. The van der Waals surface area contributed by atoms with Crippen LogP contribution in [0.15, 0.2) is 18.2 Å². The minimum Gasteiger partial charge on any atom is -0.475 e. The summed E-state index contributed by atoms with van der Waals surface area (Å²) in [6.45, 7) is 7.60. The number of carbonyl (C=O) groups excluding carboxylic acids is 2. The predicted octanol–water partition coefficient (Wildman–Crippen LogP) is 4.08. The molecule has 1 aromatic carbocycles. The summed E-state index contributed by atoms with van der Waals surface area (Å²) >= 11 is 0. The summed E-state index contributed by atoms with van der Waals surface area (Å²) in [6, 6.07) is 6.06. The summed E-state index contributed by atoms with van der Waals surface area (Å²) in [5.41, 5.74) is 0.751. The van der Waals surface area contributed by atoms with E-state index < -0.39 is 11.2 Å². The lowest BCUT2D eigenvalue weighted by molar-refractivity contribution is -0.165. The van der Waals surface area contributed by atoms with E-state index in [1.54, 1.807) is 0 Å². The first kappa shape index (κ1) is 17.0. The first-order valence-electron chi connectivity index (χ1n) is 8.73. The number of ether oxygens (including phenoxy) is 2. The smallest absolute Gasteiger partial charge is 0.351 e. The molecule has 1 unspecified atom stereocenters. The number of aryl methyl sites for hydroxylation is 1. The van der Waals surface area contributed by atoms with E-state index in [-0.39, 0.29) is 11.9 Å². The fourth-order valence-corrected chi connectivity index (χ4v) is 3.19. The van der Waals surface area contributed by atoms with E-state index >= 15 is 0 Å². The monoisotopic (exact) mass is 330 g/mol. The molecule has 0 bridgehead atoms. The van der Waals surface area contributed by atoms with Crippen molar-refractivity contribution in [3.8, 4) is 5.75 Å². The number of hydrogen-bond donors (Lipinski definition) is 0. The van der Waals surface area contributed by atoms with Crippen LogP contribution in [-0.4, -0.2) is 23.0 Å². The Bertz CT molecular complexity index is 665. The Morgan fingerprint density at radius 3 is 2.50 bits per heavy atom. The highest BCUT2D eigenvalue weighted by molar-refractivity contribution is 5.84. The topological polar surface area (TPSA) is 52.6 Å². The standard InChI is InChI=1S/C20H26O4/c1-13-5-8-16(14-6-7-15(21)12-14)17(11-13)23-20(9-10-20)18(22)24-19(2,3)4/h5,8,11,14H,6-7,9-10,12H2,1-4H3. The maximum atomic E-state index is 12.5. The molecule has 0 spiro atoms. The molecule has 0 aliphatic heterocycles. The SMILES string of the molecule is Cc1ccc(C2CCC(=O)C2)c(OC2(C(=O)OC(C)(C)C)CC2)c1. The highest BCUT2D eigenvalue weighted by Gasteiger charge is 2.55. The van der Waals surface area contributed by atoms with Crippen LogP contribution >= 0.6 is 0 Å². The average Bonchev–Trinajstić information content (AvgIpc) is 3.12. The summed E-state index contributed by atoms with van der Waals surface area (Å²) in [5.74, 6) is 0.949. The van der Waals surface area contributed by atoms with Gasteiger partial charge in [-0.3, -0.25) is 4.79 Å². The largest absolute Gasteiger partial charge is 0.475 e. The van der Waals surface area contributed by atoms with Gasteiger partial charge >= 0.3 is 5.97 Å². The summed E-state index contributed by atoms with van der Waals surface area (Å²) in [4.78, 5) is 24.2. The molecule has 0 N–H and O–H groups in total. The van der Waals surface area contributed by atoms with Crippen molar-refractivity contribution in [2.24, 2.45) is 0 Å². The fourth-order valence-electron chi connectivity index (χ4n) is 3.19. The average molecular weight is 330 g/mol. The highest BCUT2D eigenvalue weighted by Crippen LogP contribution is 2.46. The Kier molecular flexibility index (Phi) is 4.18. The highest BCUT2D eigenvalue weighted by atomic mass is 16.6. The molecule has 2 saturated carbocycles. The lowest BCUT2D eigenvalue weighted by atomic mass is 9.95. The molecule has 2 fully saturated rings. The van der Waals surface area contributed by atoms with E-state index in [1.165, 1.54) is 0 Å². The number of hydrogen-bond acceptors (Lipinski definition) is 4. The maximum absolute atomic E-state index is 12.5. The molecule has 0 radical (unpaired) electrons. The third kappa shape index (κ3) is 3.63. The summed E-state index contributed by atoms with van der Waals surface area (Å²) in [7, 11) is 0. The van der Waals surface area contributed by atoms with Gasteiger partial charge in [0.2, 0.25) is 5.60 Å². The number of ketones is 1. The fraction of sp³-hybridized carbons (Fsp3) is 0.600. The third-order valence-corrected chi connectivity index (χ3v) is 4.63. The summed E-state index contributed by atoms with van der Waals surface area (Å²) < 4.78 is 11.7. The first-order valence-corrected chi connectivity index (χ1v) is 8.73. The summed E-state index contributed by atoms with van der Waals surface area (Å²) in [5, 5.41) is 0. The van der Waals surface area contributed by atoms with Crippen molar-refractivity contribution in [2.75, 3.05) is 0 Å². The quantitative estimate of drug-likeness (QED) is 0.781. The van der Waals surface area contributed by atoms with E-state index in [4.69, 9.17) is 9.47 Å². The van der Waals surface area contributed by atoms with Gasteiger partial charge < -0.3 is 9.47 Å². The molecule has 2 aliphatic carbocycles. The lowest BCUT2D eigenvalue weighted by Gasteiger charge is -2.26. The molecule has 4 heteroatoms. The second kappa shape index (κ2) is 5.91. The molecule has 3 rings (SSSR count). The van der Waals surface area contributed by atoms with Crippen LogP contribution in [0.25, 0.3) is 0 Å². The predicted molar refractivity (Wildman–Crippen MR) is 91.2 cm³/mol. The number of Topliss-reactive ketones (excluding diaryl/α,β-unsaturated/α-hetero) is 1. The van der Waals surface area contributed by atoms with E-state index in [0.29, 0.717) is 31.5 Å². The van der Waals surface area contributed by atoms with Gasteiger partial charge in [-0.1, -0.05) is 12.1 Å². The molecule has 4 nitrogen and oxygen atoms in total. The number of carbonyl (C=O) groups is 2. The lowest BCUT2D eigenvalue weighted by Crippen LogP contribution is -2.37. The minimum atomic E-state index is -0.849. The van der Waals surface area contributed by atoms with Gasteiger partial charge in [-0.25, -0.2) is 4.79 Å². The zero-order chi connectivity index (χ0) is 17.5. The van der Waals surface area contributed by atoms with E-state index in [9.17, 15) is 9.59 Å². The molecular formula is C20H26O4. The van der Waals surface area contributed by atoms with E-state index in [0.717, 1.165) is 23.3 Å². The first-order chi connectivity index (χ1) is 11.2. The molecule has 0 aromatic heterocycles. The minimum absolute atomic E-state index is 0.197. The van der Waals surface area contributed by atoms with Gasteiger partial charge in [0.25, 0.3) is 0 Å². The van der Waals surface area contributed by atoms with Crippen molar-refractivity contribution in [1.29, 1.82) is 0 Å². The van der Waals surface area contributed by atoms with Crippen LogP contribution in [0, 0.1) is 6.92 Å². The van der Waals surface area contributed by atoms with Crippen molar-refractivity contribution in [2.45, 2.75) is 76.9 Å². The molecule has 1 atom stereocenters. The van der Waals surface area contributed by atoms with Gasteiger partial charge in [-0.2, -0.15) is 0 Å². The molecule has 0 amide bonds. The third-order valence-electron chi connectivity index (χ3n) is 4.63. The molecule has 0 saturated heterocycles. The normalized spacial score (nSPS) is 22.3. The van der Waals surface area contributed by atoms with Gasteiger partial charge in [-0.15, -0.1) is 0 Å². The number of esters is 1. The zero-order valence-electron chi connectivity index (χ0n) is 15.0. The van der Waals surface area contributed by atoms with E-state index in [1.807, 2.05) is 45.9 Å². The molecule has 24 heavy (non-hydrogen) atoms.